The summed E-state index contributed by atoms with van der Waals surface area (Å²) in [6, 6.07) is 36.0. The summed E-state index contributed by atoms with van der Waals surface area (Å²) < 4.78 is 3.96. The minimum absolute atomic E-state index is 0. The van der Waals surface area contributed by atoms with Gasteiger partial charge in [-0.2, -0.15) is 5.56 Å². The summed E-state index contributed by atoms with van der Waals surface area (Å²) in [4.78, 5) is 12.9. The van der Waals surface area contributed by atoms with Gasteiger partial charge in [0.05, 0.1) is 11.6 Å². The van der Waals surface area contributed by atoms with Crippen molar-refractivity contribution in [3.8, 4) is 34.0 Å². The van der Waals surface area contributed by atoms with Gasteiger partial charge in [-0.25, -0.2) is 6.08 Å². The minimum Gasteiger partial charge on any atom is -0.365 e. The summed E-state index contributed by atoms with van der Waals surface area (Å²) in [6.45, 7) is 5.22. The van der Waals surface area contributed by atoms with Crippen LogP contribution in [0.4, 0.5) is 0 Å². The minimum atomic E-state index is 0. The summed E-state index contributed by atoms with van der Waals surface area (Å²) >= 11 is 0. The van der Waals surface area contributed by atoms with Crippen molar-refractivity contribution in [3.05, 3.63) is 146 Å². The summed E-state index contributed by atoms with van der Waals surface area (Å²) in [5.74, 6) is 1.82. The molecule has 6 aromatic rings. The molecule has 3 heterocycles. The van der Waals surface area contributed by atoms with Gasteiger partial charge in [0.1, 0.15) is 0 Å². The zero-order valence-electron chi connectivity index (χ0n) is 21.8. The Hall–Kier alpha value is -4.38. The molecule has 0 saturated heterocycles. The second-order valence-corrected chi connectivity index (χ2v) is 8.27. The van der Waals surface area contributed by atoms with Gasteiger partial charge in [0.2, 0.25) is 0 Å². The first-order valence-corrected chi connectivity index (χ1v) is 12.1. The van der Waals surface area contributed by atoms with E-state index in [1.54, 1.807) is 24.7 Å². The normalized spacial score (nSPS) is 9.69. The number of rotatable bonds is 4. The molecule has 0 amide bonds. The van der Waals surface area contributed by atoms with E-state index >= 15 is 0 Å². The predicted octanol–water partition coefficient (Wildman–Crippen LogP) is 6.97. The van der Waals surface area contributed by atoms with Gasteiger partial charge in [0, 0.05) is 45.1 Å². The largest absolute Gasteiger partial charge is 3.00 e. The molecule has 0 fully saturated rings. The fraction of sp³-hybridized carbons (Fsp3) is 0.0606. The zero-order valence-corrected chi connectivity index (χ0v) is 24.2. The van der Waals surface area contributed by atoms with E-state index in [-0.39, 0.29) is 20.1 Å². The molecule has 194 valence electrons. The van der Waals surface area contributed by atoms with Crippen molar-refractivity contribution in [2.75, 3.05) is 0 Å². The van der Waals surface area contributed by atoms with Gasteiger partial charge in [-0.3, -0.25) is 16.5 Å². The Bertz CT molecular complexity index is 1450. The Kier molecular flexibility index (Phi) is 11.3. The fourth-order valence-corrected chi connectivity index (χ4v) is 3.62. The molecule has 6 heteroatoms. The Labute approximate surface area is 243 Å². The van der Waals surface area contributed by atoms with Crippen LogP contribution in [0.1, 0.15) is 5.56 Å². The van der Waals surface area contributed by atoms with Crippen molar-refractivity contribution in [2.24, 2.45) is 14.1 Å². The summed E-state index contributed by atoms with van der Waals surface area (Å²) in [5, 5.41) is 0. The summed E-state index contributed by atoms with van der Waals surface area (Å²) in [6.07, 6.45) is 10.8. The molecule has 0 aliphatic rings. The molecule has 0 spiro atoms. The van der Waals surface area contributed by atoms with E-state index in [1.807, 2.05) is 127 Å². The van der Waals surface area contributed by atoms with Crippen LogP contribution in [0, 0.1) is 18.7 Å². The van der Waals surface area contributed by atoms with Crippen LogP contribution >= 0.6 is 0 Å². The quantitative estimate of drug-likeness (QED) is 0.189. The van der Waals surface area contributed by atoms with Gasteiger partial charge in [-0.15, -0.1) is 72.3 Å². The molecule has 0 bridgehead atoms. The number of imidazole rings is 2. The van der Waals surface area contributed by atoms with E-state index in [2.05, 4.69) is 27.1 Å². The maximum Gasteiger partial charge on any atom is 3.00 e. The van der Waals surface area contributed by atoms with Crippen LogP contribution in [0.2, 0.25) is 0 Å². The molecule has 0 aliphatic carbocycles. The van der Waals surface area contributed by atoms with Crippen molar-refractivity contribution in [1.29, 1.82) is 0 Å². The van der Waals surface area contributed by atoms with Crippen molar-refractivity contribution in [3.63, 3.8) is 0 Å². The van der Waals surface area contributed by atoms with E-state index in [4.69, 9.17) is 6.58 Å². The van der Waals surface area contributed by atoms with Crippen molar-refractivity contribution in [1.82, 2.24) is 24.1 Å². The van der Waals surface area contributed by atoms with Crippen LogP contribution in [-0.4, -0.2) is 24.1 Å². The first-order chi connectivity index (χ1) is 18.7. The molecule has 0 unspecified atom stereocenters. The molecular formula is C33H28IrN5. The van der Waals surface area contributed by atoms with Crippen LogP contribution in [-0.2, 0) is 34.2 Å². The molecule has 39 heavy (non-hydrogen) atoms. The SMILES string of the molecule is Cn1ccnc1-c1[c-]c(-c2nccn2C)ccc1.[CH-]=Cc1ccccc1.[Ir+3].[c-]1ccccc1-c1ccccn1. The zero-order chi connectivity index (χ0) is 26.6. The number of aryl methyl sites for hydroxylation is 2. The van der Waals surface area contributed by atoms with Crippen LogP contribution in [0.3, 0.4) is 0 Å². The second kappa shape index (κ2) is 15.1. The number of benzene rings is 3. The van der Waals surface area contributed by atoms with Gasteiger partial charge >= 0.3 is 20.1 Å². The van der Waals surface area contributed by atoms with Crippen molar-refractivity contribution >= 4 is 6.08 Å². The first kappa shape index (κ1) is 29.2. The Balaban J connectivity index is 0.000000173. The predicted molar refractivity (Wildman–Crippen MR) is 153 cm³/mol. The molecule has 3 aromatic carbocycles. The fourth-order valence-electron chi connectivity index (χ4n) is 3.62. The maximum atomic E-state index is 5.22. The molecular weight excluding hydrogens is 659 g/mol. The average molecular weight is 687 g/mol. The molecule has 0 saturated carbocycles. The Morgan fingerprint density at radius 2 is 1.23 bits per heavy atom. The third-order valence-electron chi connectivity index (χ3n) is 5.56. The molecule has 0 N–H and O–H groups in total. The van der Waals surface area contributed by atoms with Gasteiger partial charge < -0.3 is 14.1 Å². The standard InChI is InChI=1S/C14H13N4.C11H8N.C8H7.Ir/c1-17-8-6-15-13(17)11-4-3-5-12(10-11)14-16-7-9-18(14)2;1-2-6-10(7-3-1)11-8-4-5-9-12-11;1-2-8-6-4-3-5-7-8;/h3-9H,1-2H3;1-6,8-9H;1-7H;/q3*-1;+3. The van der Waals surface area contributed by atoms with E-state index in [0.717, 1.165) is 39.6 Å². The molecule has 3 aromatic heterocycles. The van der Waals surface area contributed by atoms with Crippen LogP contribution in [0.25, 0.3) is 40.1 Å². The first-order valence-electron chi connectivity index (χ1n) is 12.1. The smallest absolute Gasteiger partial charge is 0.365 e. The number of pyridine rings is 1. The van der Waals surface area contributed by atoms with E-state index < -0.39 is 0 Å². The third-order valence-corrected chi connectivity index (χ3v) is 5.56. The monoisotopic (exact) mass is 687 g/mol. The number of hydrogen-bond donors (Lipinski definition) is 0. The van der Waals surface area contributed by atoms with Gasteiger partial charge in [0.15, 0.2) is 0 Å². The maximum absolute atomic E-state index is 5.22. The Morgan fingerprint density at radius 1 is 0.641 bits per heavy atom. The number of aromatic nitrogens is 5. The van der Waals surface area contributed by atoms with Crippen molar-refractivity contribution < 1.29 is 20.1 Å². The Morgan fingerprint density at radius 3 is 1.69 bits per heavy atom. The molecule has 0 radical (unpaired) electrons. The third kappa shape index (κ3) is 8.30. The summed E-state index contributed by atoms with van der Waals surface area (Å²) in [5.41, 5.74) is 5.02. The van der Waals surface area contributed by atoms with Crippen LogP contribution in [0.5, 0.6) is 0 Å². The van der Waals surface area contributed by atoms with Gasteiger partial charge in [0.25, 0.3) is 0 Å². The molecule has 0 aliphatic heterocycles. The van der Waals surface area contributed by atoms with E-state index in [1.165, 1.54) is 0 Å². The van der Waals surface area contributed by atoms with E-state index in [9.17, 15) is 0 Å². The van der Waals surface area contributed by atoms with Crippen molar-refractivity contribution in [2.45, 2.75) is 0 Å². The summed E-state index contributed by atoms with van der Waals surface area (Å²) in [7, 11) is 3.95. The van der Waals surface area contributed by atoms with Gasteiger partial charge in [-0.1, -0.05) is 41.5 Å². The van der Waals surface area contributed by atoms with Crippen LogP contribution < -0.4 is 0 Å². The second-order valence-electron chi connectivity index (χ2n) is 8.27. The van der Waals surface area contributed by atoms with Crippen LogP contribution in [0.15, 0.2) is 122 Å². The molecule has 0 atom stereocenters. The number of nitrogens with zero attached hydrogens (tertiary/aromatic N) is 5. The molecule has 5 nitrogen and oxygen atoms in total. The average Bonchev–Trinajstić information content (AvgIpc) is 3.63. The topological polar surface area (TPSA) is 48.5 Å². The van der Waals surface area contributed by atoms with E-state index in [0.29, 0.717) is 0 Å². The van der Waals surface area contributed by atoms with Gasteiger partial charge in [-0.05, 0) is 11.8 Å². The molecule has 6 rings (SSSR count). The number of hydrogen-bond acceptors (Lipinski definition) is 3.